The molecule has 1 aromatic rings. The summed E-state index contributed by atoms with van der Waals surface area (Å²) in [7, 11) is 0. The smallest absolute Gasteiger partial charge is 0.227 e. The van der Waals surface area contributed by atoms with Crippen LogP contribution in [-0.4, -0.2) is 59.5 Å². The summed E-state index contributed by atoms with van der Waals surface area (Å²) in [5.41, 5.74) is 0.476. The van der Waals surface area contributed by atoms with Crippen molar-refractivity contribution in [1.82, 2.24) is 9.80 Å². The van der Waals surface area contributed by atoms with Gasteiger partial charge in [0.15, 0.2) is 0 Å². The Morgan fingerprint density at radius 1 is 1.25 bits per heavy atom. The molecule has 0 aliphatic carbocycles. The lowest BCUT2D eigenvalue weighted by atomic mass is 9.73. The van der Waals surface area contributed by atoms with Crippen molar-refractivity contribution in [2.24, 2.45) is 11.3 Å². The highest BCUT2D eigenvalue weighted by molar-refractivity contribution is 5.79. The van der Waals surface area contributed by atoms with Gasteiger partial charge >= 0.3 is 0 Å². The van der Waals surface area contributed by atoms with Crippen molar-refractivity contribution in [1.29, 1.82) is 0 Å². The summed E-state index contributed by atoms with van der Waals surface area (Å²) in [5, 5.41) is 9.91. The van der Waals surface area contributed by atoms with Gasteiger partial charge in [0.1, 0.15) is 5.82 Å². The Kier molecular flexibility index (Phi) is 4.58. The second-order valence-electron chi connectivity index (χ2n) is 7.01. The number of piperidine rings is 1. The SMILES string of the molecule is CC(=O)N1CC[C@@]2(CO)CN(C(=O)Cc3ccc(F)cc3)C[C@H]2C1. The molecule has 5 nitrogen and oxygen atoms in total. The third kappa shape index (κ3) is 3.15. The summed E-state index contributed by atoms with van der Waals surface area (Å²) in [5.74, 6) is -0.185. The summed E-state index contributed by atoms with van der Waals surface area (Å²) in [6, 6.07) is 5.95. The second-order valence-corrected chi connectivity index (χ2v) is 7.01. The molecular weight excluding hydrogens is 311 g/mol. The van der Waals surface area contributed by atoms with Gasteiger partial charge in [-0.25, -0.2) is 4.39 Å². The molecule has 6 heteroatoms. The summed E-state index contributed by atoms with van der Waals surface area (Å²) in [6.45, 7) is 3.90. The molecule has 0 bridgehead atoms. The maximum Gasteiger partial charge on any atom is 0.227 e. The topological polar surface area (TPSA) is 60.9 Å². The molecule has 2 saturated heterocycles. The average molecular weight is 334 g/mol. The molecule has 2 heterocycles. The van der Waals surface area contributed by atoms with Gasteiger partial charge in [-0.2, -0.15) is 0 Å². The van der Waals surface area contributed by atoms with Crippen molar-refractivity contribution in [2.75, 3.05) is 32.8 Å². The number of carbonyl (C=O) groups excluding carboxylic acids is 2. The van der Waals surface area contributed by atoms with Crippen molar-refractivity contribution in [3.8, 4) is 0 Å². The highest BCUT2D eigenvalue weighted by Crippen LogP contribution is 2.42. The summed E-state index contributed by atoms with van der Waals surface area (Å²) >= 11 is 0. The number of aliphatic hydroxyl groups is 1. The van der Waals surface area contributed by atoms with E-state index in [1.165, 1.54) is 12.1 Å². The van der Waals surface area contributed by atoms with Gasteiger partial charge in [-0.15, -0.1) is 0 Å². The van der Waals surface area contributed by atoms with Gasteiger partial charge in [0.05, 0.1) is 13.0 Å². The van der Waals surface area contributed by atoms with Crippen molar-refractivity contribution in [3.63, 3.8) is 0 Å². The van der Waals surface area contributed by atoms with Gasteiger partial charge in [-0.3, -0.25) is 9.59 Å². The molecule has 24 heavy (non-hydrogen) atoms. The first-order chi connectivity index (χ1) is 11.4. The number of rotatable bonds is 3. The molecule has 0 saturated carbocycles. The van der Waals surface area contributed by atoms with E-state index in [0.717, 1.165) is 5.56 Å². The van der Waals surface area contributed by atoms with Crippen LogP contribution >= 0.6 is 0 Å². The van der Waals surface area contributed by atoms with Gasteiger partial charge < -0.3 is 14.9 Å². The fraction of sp³-hybridized carbons (Fsp3) is 0.556. The number of halogens is 1. The summed E-state index contributed by atoms with van der Waals surface area (Å²) in [4.78, 5) is 27.8. The van der Waals surface area contributed by atoms with Gasteiger partial charge in [0, 0.05) is 44.4 Å². The fourth-order valence-corrected chi connectivity index (χ4v) is 3.91. The Hall–Kier alpha value is -1.95. The van der Waals surface area contributed by atoms with E-state index >= 15 is 0 Å². The first-order valence-electron chi connectivity index (χ1n) is 8.32. The van der Waals surface area contributed by atoms with Crippen molar-refractivity contribution in [2.45, 2.75) is 19.8 Å². The number of amides is 2. The first-order valence-corrected chi connectivity index (χ1v) is 8.32. The number of fused-ring (bicyclic) bond motifs is 1. The van der Waals surface area contributed by atoms with E-state index in [1.54, 1.807) is 28.9 Å². The predicted molar refractivity (Wildman–Crippen MR) is 86.6 cm³/mol. The van der Waals surface area contributed by atoms with Crippen molar-refractivity contribution >= 4 is 11.8 Å². The molecule has 2 aliphatic heterocycles. The Balaban J connectivity index is 1.69. The molecule has 0 spiro atoms. The quantitative estimate of drug-likeness (QED) is 0.899. The van der Waals surface area contributed by atoms with Crippen LogP contribution in [0.2, 0.25) is 0 Å². The highest BCUT2D eigenvalue weighted by atomic mass is 19.1. The first kappa shape index (κ1) is 16.9. The Bertz CT molecular complexity index is 634. The molecule has 2 atom stereocenters. The van der Waals surface area contributed by atoms with Gasteiger partial charge in [-0.05, 0) is 24.1 Å². The van der Waals surface area contributed by atoms with Crippen LogP contribution < -0.4 is 0 Å². The van der Waals surface area contributed by atoms with E-state index in [0.29, 0.717) is 32.6 Å². The van der Waals surface area contributed by atoms with Gasteiger partial charge in [0.2, 0.25) is 11.8 Å². The molecule has 0 unspecified atom stereocenters. The van der Waals surface area contributed by atoms with Crippen LogP contribution in [0, 0.1) is 17.2 Å². The van der Waals surface area contributed by atoms with E-state index in [-0.39, 0.29) is 42.0 Å². The maximum absolute atomic E-state index is 13.0. The van der Waals surface area contributed by atoms with Gasteiger partial charge in [0.25, 0.3) is 0 Å². The Morgan fingerprint density at radius 2 is 1.92 bits per heavy atom. The third-order valence-electron chi connectivity index (χ3n) is 5.51. The summed E-state index contributed by atoms with van der Waals surface area (Å²) in [6.07, 6.45) is 0.943. The zero-order valence-electron chi connectivity index (χ0n) is 13.9. The summed E-state index contributed by atoms with van der Waals surface area (Å²) < 4.78 is 13.0. The molecule has 0 aromatic heterocycles. The Morgan fingerprint density at radius 3 is 2.54 bits per heavy atom. The van der Waals surface area contributed by atoms with Crippen LogP contribution in [0.4, 0.5) is 4.39 Å². The average Bonchev–Trinajstić information content (AvgIpc) is 2.96. The number of aliphatic hydroxyl groups excluding tert-OH is 1. The largest absolute Gasteiger partial charge is 0.396 e. The van der Waals surface area contributed by atoms with E-state index < -0.39 is 0 Å². The Labute approximate surface area is 141 Å². The molecule has 0 radical (unpaired) electrons. The maximum atomic E-state index is 13.0. The minimum atomic E-state index is -0.318. The van der Waals surface area contributed by atoms with Crippen LogP contribution in [0.15, 0.2) is 24.3 Å². The van der Waals surface area contributed by atoms with Crippen LogP contribution in [0.3, 0.4) is 0 Å². The van der Waals surface area contributed by atoms with E-state index in [1.807, 2.05) is 0 Å². The van der Waals surface area contributed by atoms with Crippen LogP contribution in [0.1, 0.15) is 18.9 Å². The zero-order valence-corrected chi connectivity index (χ0v) is 13.9. The van der Waals surface area contributed by atoms with E-state index in [9.17, 15) is 19.1 Å². The third-order valence-corrected chi connectivity index (χ3v) is 5.51. The fourth-order valence-electron chi connectivity index (χ4n) is 3.91. The lowest BCUT2D eigenvalue weighted by Crippen LogP contribution is -2.50. The highest BCUT2D eigenvalue weighted by Gasteiger charge is 2.50. The van der Waals surface area contributed by atoms with Crippen molar-refractivity contribution in [3.05, 3.63) is 35.6 Å². The zero-order chi connectivity index (χ0) is 17.3. The molecule has 3 rings (SSSR count). The molecular formula is C18H23FN2O3. The number of nitrogens with zero attached hydrogens (tertiary/aromatic N) is 2. The van der Waals surface area contributed by atoms with Gasteiger partial charge in [-0.1, -0.05) is 12.1 Å². The number of hydrogen-bond acceptors (Lipinski definition) is 3. The van der Waals surface area contributed by atoms with Crippen LogP contribution in [0.5, 0.6) is 0 Å². The number of benzene rings is 1. The van der Waals surface area contributed by atoms with Crippen molar-refractivity contribution < 1.29 is 19.1 Å². The second kappa shape index (κ2) is 6.51. The minimum Gasteiger partial charge on any atom is -0.396 e. The molecule has 130 valence electrons. The van der Waals surface area contributed by atoms with E-state index in [2.05, 4.69) is 0 Å². The lowest BCUT2D eigenvalue weighted by molar-refractivity contribution is -0.133. The number of hydrogen-bond donors (Lipinski definition) is 1. The molecule has 1 N–H and O–H groups in total. The monoisotopic (exact) mass is 334 g/mol. The number of likely N-dealkylation sites (tertiary alicyclic amines) is 2. The molecule has 2 aliphatic rings. The number of carbonyl (C=O) groups is 2. The lowest BCUT2D eigenvalue weighted by Gasteiger charge is -2.41. The molecule has 1 aromatic carbocycles. The van der Waals surface area contributed by atoms with E-state index in [4.69, 9.17) is 0 Å². The van der Waals surface area contributed by atoms with Crippen LogP contribution in [-0.2, 0) is 16.0 Å². The van der Waals surface area contributed by atoms with Crippen LogP contribution in [0.25, 0.3) is 0 Å². The standard InChI is InChI=1S/C18H23FN2O3/c1-13(23)20-7-6-18(12-22)11-21(10-15(18)9-20)17(24)8-14-2-4-16(19)5-3-14/h2-5,15,22H,6-12H2,1H3/t15-,18+/m1/s1. The predicted octanol–water partition coefficient (Wildman–Crippen LogP) is 1.06. The molecule has 2 amide bonds. The normalized spacial score (nSPS) is 26.4. The molecule has 2 fully saturated rings. The minimum absolute atomic E-state index is 0.0155.